The van der Waals surface area contributed by atoms with E-state index in [1.165, 1.54) is 7.11 Å². The first-order valence-corrected chi connectivity index (χ1v) is 7.33. The van der Waals surface area contributed by atoms with Crippen LogP contribution in [0.2, 0.25) is 0 Å². The second-order valence-corrected chi connectivity index (χ2v) is 5.31. The van der Waals surface area contributed by atoms with Crippen LogP contribution >= 0.6 is 0 Å². The zero-order valence-corrected chi connectivity index (χ0v) is 12.8. The molecule has 1 aliphatic rings. The Labute approximate surface area is 128 Å². The van der Waals surface area contributed by atoms with Gasteiger partial charge in [0.1, 0.15) is 28.2 Å². The van der Waals surface area contributed by atoms with E-state index in [1.54, 1.807) is 25.3 Å². The molecule has 0 saturated carbocycles. The molecule has 1 saturated heterocycles. The van der Waals surface area contributed by atoms with Gasteiger partial charge in [0.25, 0.3) is 0 Å². The number of nitrogens with zero attached hydrogens (tertiary/aromatic N) is 1. The van der Waals surface area contributed by atoms with Crippen molar-refractivity contribution in [2.75, 3.05) is 40.4 Å². The summed E-state index contributed by atoms with van der Waals surface area (Å²) in [7, 11) is 3.10. The monoisotopic (exact) mass is 304 g/mol. The van der Waals surface area contributed by atoms with Crippen molar-refractivity contribution in [3.63, 3.8) is 0 Å². The highest BCUT2D eigenvalue weighted by Crippen LogP contribution is 2.29. The molecule has 0 bridgehead atoms. The third-order valence-corrected chi connectivity index (χ3v) is 3.86. The summed E-state index contributed by atoms with van der Waals surface area (Å²) in [5.74, 6) is 1.73. The van der Waals surface area contributed by atoms with E-state index < -0.39 is 0 Å². The molecule has 0 spiro atoms. The lowest BCUT2D eigenvalue weighted by Crippen LogP contribution is -2.42. The minimum absolute atomic E-state index is 0.0918. The smallest absolute Gasteiger partial charge is 0.196 e. The highest BCUT2D eigenvalue weighted by atomic mass is 16.5. The molecule has 1 N–H and O–H groups in total. The lowest BCUT2D eigenvalue weighted by molar-refractivity contribution is 0.217. The first kappa shape index (κ1) is 14.9. The van der Waals surface area contributed by atoms with E-state index in [1.807, 2.05) is 0 Å². The fourth-order valence-electron chi connectivity index (χ4n) is 2.72. The Kier molecular flexibility index (Phi) is 4.31. The van der Waals surface area contributed by atoms with Crippen LogP contribution in [0.1, 0.15) is 5.76 Å². The number of benzene rings is 1. The standard InChI is InChI=1S/C16H20N2O4/c1-20-11-8-14(21-2)16-13(19)7-12(22-15(16)9-11)10-18-5-3-17-4-6-18/h7-9,17H,3-6,10H2,1-2H3. The normalized spacial score (nSPS) is 15.9. The molecule has 0 unspecified atom stereocenters. The van der Waals surface area contributed by atoms with Crippen molar-refractivity contribution >= 4 is 11.0 Å². The molecular formula is C16H20N2O4. The van der Waals surface area contributed by atoms with Gasteiger partial charge in [0, 0.05) is 44.4 Å². The average Bonchev–Trinajstić information content (AvgIpc) is 2.54. The van der Waals surface area contributed by atoms with E-state index in [0.717, 1.165) is 26.2 Å². The van der Waals surface area contributed by atoms with E-state index in [0.29, 0.717) is 34.8 Å². The molecule has 118 valence electrons. The maximum Gasteiger partial charge on any atom is 0.196 e. The Bertz CT molecular complexity index is 720. The molecule has 1 fully saturated rings. The lowest BCUT2D eigenvalue weighted by atomic mass is 10.2. The molecule has 3 rings (SSSR count). The molecule has 0 aliphatic carbocycles. The van der Waals surface area contributed by atoms with E-state index in [-0.39, 0.29) is 5.43 Å². The summed E-state index contributed by atoms with van der Waals surface area (Å²) in [6.45, 7) is 4.44. The van der Waals surface area contributed by atoms with Crippen LogP contribution < -0.4 is 20.2 Å². The largest absolute Gasteiger partial charge is 0.496 e. The second-order valence-electron chi connectivity index (χ2n) is 5.31. The molecular weight excluding hydrogens is 284 g/mol. The number of rotatable bonds is 4. The molecule has 0 atom stereocenters. The molecule has 2 heterocycles. The zero-order chi connectivity index (χ0) is 15.5. The van der Waals surface area contributed by atoms with E-state index >= 15 is 0 Å². The predicted octanol–water partition coefficient (Wildman–Crippen LogP) is 1.22. The molecule has 2 aromatic rings. The number of hydrogen-bond acceptors (Lipinski definition) is 6. The van der Waals surface area contributed by atoms with Crippen LogP contribution in [0.3, 0.4) is 0 Å². The van der Waals surface area contributed by atoms with Gasteiger partial charge in [0.15, 0.2) is 5.43 Å². The van der Waals surface area contributed by atoms with E-state index in [9.17, 15) is 4.79 Å². The topological polar surface area (TPSA) is 63.9 Å². The summed E-state index contributed by atoms with van der Waals surface area (Å²) < 4.78 is 16.4. The minimum Gasteiger partial charge on any atom is -0.496 e. The molecule has 1 aromatic carbocycles. The van der Waals surface area contributed by atoms with Crippen molar-refractivity contribution in [2.45, 2.75) is 6.54 Å². The van der Waals surface area contributed by atoms with Crippen LogP contribution in [0.15, 0.2) is 27.4 Å². The van der Waals surface area contributed by atoms with Crippen LogP contribution in [0.5, 0.6) is 11.5 Å². The second kappa shape index (κ2) is 6.37. The molecule has 22 heavy (non-hydrogen) atoms. The third-order valence-electron chi connectivity index (χ3n) is 3.86. The van der Waals surface area contributed by atoms with Gasteiger partial charge in [-0.1, -0.05) is 0 Å². The van der Waals surface area contributed by atoms with Crippen molar-refractivity contribution in [3.8, 4) is 11.5 Å². The van der Waals surface area contributed by atoms with Gasteiger partial charge in [-0.05, 0) is 0 Å². The minimum atomic E-state index is -0.0918. The van der Waals surface area contributed by atoms with Crippen LogP contribution in [-0.4, -0.2) is 45.3 Å². The Balaban J connectivity index is 2.01. The van der Waals surface area contributed by atoms with Gasteiger partial charge in [-0.15, -0.1) is 0 Å². The molecule has 0 amide bonds. The van der Waals surface area contributed by atoms with Crippen LogP contribution in [0.25, 0.3) is 11.0 Å². The number of piperazine rings is 1. The van der Waals surface area contributed by atoms with Gasteiger partial charge in [-0.25, -0.2) is 0 Å². The highest BCUT2D eigenvalue weighted by molar-refractivity contribution is 5.85. The maximum atomic E-state index is 12.4. The average molecular weight is 304 g/mol. The Hall–Kier alpha value is -2.05. The summed E-state index contributed by atoms with van der Waals surface area (Å²) in [4.78, 5) is 14.7. The van der Waals surface area contributed by atoms with Crippen molar-refractivity contribution in [3.05, 3.63) is 34.2 Å². The van der Waals surface area contributed by atoms with Crippen molar-refractivity contribution in [1.82, 2.24) is 10.2 Å². The summed E-state index contributed by atoms with van der Waals surface area (Å²) in [5.41, 5.74) is 0.403. The predicted molar refractivity (Wildman–Crippen MR) is 83.7 cm³/mol. The quantitative estimate of drug-likeness (QED) is 0.916. The lowest BCUT2D eigenvalue weighted by Gasteiger charge is -2.26. The summed E-state index contributed by atoms with van der Waals surface area (Å²) in [6, 6.07) is 4.97. The maximum absolute atomic E-state index is 12.4. The van der Waals surface area contributed by atoms with Crippen molar-refractivity contribution < 1.29 is 13.9 Å². The highest BCUT2D eigenvalue weighted by Gasteiger charge is 2.15. The zero-order valence-electron chi connectivity index (χ0n) is 12.8. The molecule has 6 nitrogen and oxygen atoms in total. The van der Waals surface area contributed by atoms with Gasteiger partial charge >= 0.3 is 0 Å². The van der Waals surface area contributed by atoms with Gasteiger partial charge in [-0.3, -0.25) is 9.69 Å². The summed E-state index contributed by atoms with van der Waals surface area (Å²) in [5, 5.41) is 3.76. The van der Waals surface area contributed by atoms with Crippen molar-refractivity contribution in [2.24, 2.45) is 0 Å². The van der Waals surface area contributed by atoms with Crippen LogP contribution in [0.4, 0.5) is 0 Å². The molecule has 1 aromatic heterocycles. The molecule has 1 aliphatic heterocycles. The number of ether oxygens (including phenoxy) is 2. The van der Waals surface area contributed by atoms with Gasteiger partial charge < -0.3 is 19.2 Å². The number of fused-ring (bicyclic) bond motifs is 1. The Morgan fingerprint density at radius 2 is 1.95 bits per heavy atom. The molecule has 6 heteroatoms. The number of methoxy groups -OCH3 is 2. The first-order valence-electron chi connectivity index (χ1n) is 7.33. The molecule has 0 radical (unpaired) electrons. The van der Waals surface area contributed by atoms with E-state index in [4.69, 9.17) is 13.9 Å². The summed E-state index contributed by atoms with van der Waals surface area (Å²) >= 11 is 0. The van der Waals surface area contributed by atoms with Crippen molar-refractivity contribution in [1.29, 1.82) is 0 Å². The Morgan fingerprint density at radius 3 is 2.64 bits per heavy atom. The summed E-state index contributed by atoms with van der Waals surface area (Å²) in [6.07, 6.45) is 0. The number of hydrogen-bond donors (Lipinski definition) is 1. The van der Waals surface area contributed by atoms with E-state index in [2.05, 4.69) is 10.2 Å². The fourth-order valence-corrected chi connectivity index (χ4v) is 2.72. The first-order chi connectivity index (χ1) is 10.7. The van der Waals surface area contributed by atoms with Gasteiger partial charge in [0.2, 0.25) is 0 Å². The van der Waals surface area contributed by atoms with Crippen LogP contribution in [-0.2, 0) is 6.54 Å². The fraction of sp³-hybridized carbons (Fsp3) is 0.438. The number of nitrogens with one attached hydrogen (secondary N) is 1. The van der Waals surface area contributed by atoms with Gasteiger partial charge in [0.05, 0.1) is 20.8 Å². The third kappa shape index (κ3) is 2.93. The Morgan fingerprint density at radius 1 is 1.18 bits per heavy atom. The van der Waals surface area contributed by atoms with Gasteiger partial charge in [-0.2, -0.15) is 0 Å². The SMILES string of the molecule is COc1cc(OC)c2c(=O)cc(CN3CCNCC3)oc2c1. The van der Waals surface area contributed by atoms with Crippen LogP contribution in [0, 0.1) is 0 Å².